The monoisotopic (exact) mass is 504 g/mol. The number of sulfone groups is 1. The molecule has 0 unspecified atom stereocenters. The van der Waals surface area contributed by atoms with Crippen molar-refractivity contribution in [2.24, 2.45) is 34.5 Å². The van der Waals surface area contributed by atoms with Gasteiger partial charge in [-0.2, -0.15) is 0 Å². The Morgan fingerprint density at radius 2 is 1.69 bits per heavy atom. The van der Waals surface area contributed by atoms with Crippen molar-refractivity contribution in [2.75, 3.05) is 0 Å². The van der Waals surface area contributed by atoms with Gasteiger partial charge in [0.05, 0.1) is 10.5 Å². The first-order valence-electron chi connectivity index (χ1n) is 14.1. The molecular weight excluding hydrogens is 460 g/mol. The number of hydrogen-bond donors (Lipinski definition) is 0. The van der Waals surface area contributed by atoms with Crippen LogP contribution in [0.15, 0.2) is 11.6 Å². The second-order valence-corrected chi connectivity index (χ2v) is 15.4. The van der Waals surface area contributed by atoms with Crippen LogP contribution in [-0.4, -0.2) is 36.8 Å². The fourth-order valence-electron chi connectivity index (χ4n) is 9.64. The summed E-state index contributed by atoms with van der Waals surface area (Å²) in [5.41, 5.74) is 1.30. The largest absolute Gasteiger partial charge is 0.462 e. The van der Waals surface area contributed by atoms with Gasteiger partial charge in [0.1, 0.15) is 11.9 Å². The first kappa shape index (κ1) is 25.5. The summed E-state index contributed by atoms with van der Waals surface area (Å²) in [6, 6.07) is 0. The van der Waals surface area contributed by atoms with Gasteiger partial charge in [-0.05, 0) is 86.9 Å². The van der Waals surface area contributed by atoms with Crippen LogP contribution in [0.3, 0.4) is 0 Å². The Balaban J connectivity index is 1.45. The van der Waals surface area contributed by atoms with Crippen LogP contribution in [0.4, 0.5) is 0 Å². The van der Waals surface area contributed by atoms with Crippen molar-refractivity contribution in [3.63, 3.8) is 0 Å². The second kappa shape index (κ2) is 8.99. The zero-order valence-corrected chi connectivity index (χ0v) is 22.9. The number of fused-ring (bicyclic) bond motifs is 5. The van der Waals surface area contributed by atoms with Gasteiger partial charge in [-0.3, -0.25) is 9.59 Å². The fraction of sp³-hybridized carbons (Fsp3) is 0.862. The van der Waals surface area contributed by atoms with Gasteiger partial charge in [0, 0.05) is 19.3 Å². The zero-order chi connectivity index (χ0) is 25.2. The highest BCUT2D eigenvalue weighted by atomic mass is 32.2. The minimum Gasteiger partial charge on any atom is -0.462 e. The van der Waals surface area contributed by atoms with Gasteiger partial charge in [-0.1, -0.05) is 44.8 Å². The number of carbonyl (C=O) groups excluding carboxylic acids is 2. The molecule has 5 aliphatic rings. The summed E-state index contributed by atoms with van der Waals surface area (Å²) in [4.78, 5) is 24.6. The van der Waals surface area contributed by atoms with Gasteiger partial charge in [0.2, 0.25) is 0 Å². The number of ketones is 1. The van der Waals surface area contributed by atoms with Gasteiger partial charge in [-0.25, -0.2) is 8.42 Å². The lowest BCUT2D eigenvalue weighted by molar-refractivity contribution is -0.149. The zero-order valence-electron chi connectivity index (χ0n) is 22.1. The maximum absolute atomic E-state index is 14.0. The smallest absolute Gasteiger partial charge is 0.302 e. The van der Waals surface area contributed by atoms with E-state index in [1.165, 1.54) is 12.5 Å². The standard InChI is InChI=1S/C29H44O5S/c1-18(30)27-26(35(32,33)22-8-6-5-7-9-22)17-25-23-11-10-20-16-21(34-19(2)31)12-14-28(20,3)24(23)13-15-29(25,27)4/h10,21-27H,5-9,11-17H2,1-4H3/t21-,23+,24-,25-,26+,27-,28-,29-/m0/s1. The number of hydrogen-bond acceptors (Lipinski definition) is 5. The topological polar surface area (TPSA) is 77.5 Å². The van der Waals surface area contributed by atoms with Gasteiger partial charge < -0.3 is 4.74 Å². The van der Waals surface area contributed by atoms with Crippen LogP contribution in [0.5, 0.6) is 0 Å². The molecule has 4 saturated carbocycles. The molecule has 0 spiro atoms. The fourth-order valence-corrected chi connectivity index (χ4v) is 12.5. The van der Waals surface area contributed by atoms with E-state index in [0.717, 1.165) is 70.6 Å². The molecule has 0 saturated heterocycles. The molecule has 5 nitrogen and oxygen atoms in total. The van der Waals surface area contributed by atoms with Crippen molar-refractivity contribution >= 4 is 21.6 Å². The van der Waals surface area contributed by atoms with Crippen LogP contribution in [0.25, 0.3) is 0 Å². The molecule has 196 valence electrons. The average molecular weight is 505 g/mol. The summed E-state index contributed by atoms with van der Waals surface area (Å²) >= 11 is 0. The van der Waals surface area contributed by atoms with Crippen molar-refractivity contribution < 1.29 is 22.7 Å². The van der Waals surface area contributed by atoms with E-state index in [-0.39, 0.29) is 45.8 Å². The minimum absolute atomic E-state index is 0.0178. The molecule has 0 aromatic carbocycles. The van der Waals surface area contributed by atoms with Crippen molar-refractivity contribution in [3.8, 4) is 0 Å². The molecule has 0 aliphatic heterocycles. The normalized spacial score (nSPS) is 43.9. The van der Waals surface area contributed by atoms with Gasteiger partial charge in [0.25, 0.3) is 0 Å². The summed E-state index contributed by atoms with van der Waals surface area (Å²) < 4.78 is 33.5. The lowest BCUT2D eigenvalue weighted by atomic mass is 9.47. The predicted molar refractivity (Wildman–Crippen MR) is 136 cm³/mol. The molecule has 0 aromatic heterocycles. The third-order valence-electron chi connectivity index (χ3n) is 11.3. The molecule has 0 aromatic rings. The molecular formula is C29H44O5S. The van der Waals surface area contributed by atoms with E-state index in [4.69, 9.17) is 4.74 Å². The van der Waals surface area contributed by atoms with Crippen LogP contribution in [-0.2, 0) is 24.2 Å². The summed E-state index contributed by atoms with van der Waals surface area (Å²) in [6.45, 7) is 7.78. The van der Waals surface area contributed by atoms with Crippen LogP contribution in [0.1, 0.15) is 105 Å². The number of esters is 1. The lowest BCUT2D eigenvalue weighted by Crippen LogP contribution is -2.51. The molecule has 0 heterocycles. The van der Waals surface area contributed by atoms with E-state index < -0.39 is 15.1 Å². The first-order chi connectivity index (χ1) is 16.5. The van der Waals surface area contributed by atoms with E-state index in [1.54, 1.807) is 6.92 Å². The SMILES string of the molecule is CC(=O)O[C@H]1CC[C@@]2(C)C(=CC[C@H]3[C@@H]4C[C@@H](S(=O)(=O)C5CCCCC5)[C@H](C(C)=O)[C@@]4(C)CC[C@@H]32)C1. The van der Waals surface area contributed by atoms with Crippen molar-refractivity contribution in [2.45, 2.75) is 121 Å². The number of Topliss-reactive ketones (excluding diaryl/α,β-unsaturated/α-hetero) is 1. The van der Waals surface area contributed by atoms with E-state index in [9.17, 15) is 18.0 Å². The average Bonchev–Trinajstić information content (AvgIpc) is 3.14. The third kappa shape index (κ3) is 4.05. The van der Waals surface area contributed by atoms with Crippen LogP contribution in [0, 0.1) is 34.5 Å². The summed E-state index contributed by atoms with van der Waals surface area (Å²) in [5.74, 6) is 0.743. The van der Waals surface area contributed by atoms with E-state index >= 15 is 0 Å². The van der Waals surface area contributed by atoms with Crippen molar-refractivity contribution in [1.29, 1.82) is 0 Å². The summed E-state index contributed by atoms with van der Waals surface area (Å²) in [6.07, 6.45) is 13.4. The molecule has 4 fully saturated rings. The highest BCUT2D eigenvalue weighted by Crippen LogP contribution is 2.67. The molecule has 0 amide bonds. The molecule has 5 rings (SSSR count). The van der Waals surface area contributed by atoms with Gasteiger partial charge in [-0.15, -0.1) is 0 Å². The molecule has 6 heteroatoms. The van der Waals surface area contributed by atoms with Crippen LogP contribution in [0.2, 0.25) is 0 Å². The van der Waals surface area contributed by atoms with Crippen molar-refractivity contribution in [1.82, 2.24) is 0 Å². The Kier molecular flexibility index (Phi) is 6.54. The maximum Gasteiger partial charge on any atom is 0.302 e. The minimum atomic E-state index is -3.33. The highest BCUT2D eigenvalue weighted by molar-refractivity contribution is 7.92. The predicted octanol–water partition coefficient (Wildman–Crippen LogP) is 5.81. The van der Waals surface area contributed by atoms with Crippen molar-refractivity contribution in [3.05, 3.63) is 11.6 Å². The second-order valence-electron chi connectivity index (χ2n) is 13.0. The van der Waals surface area contributed by atoms with Crippen LogP contribution < -0.4 is 0 Å². The Bertz CT molecular complexity index is 1010. The highest BCUT2D eigenvalue weighted by Gasteiger charge is 2.64. The van der Waals surface area contributed by atoms with Crippen LogP contribution >= 0.6 is 0 Å². The summed E-state index contributed by atoms with van der Waals surface area (Å²) in [5, 5.41) is -0.760. The number of allylic oxidation sites excluding steroid dienone is 1. The Morgan fingerprint density at radius 1 is 0.971 bits per heavy atom. The van der Waals surface area contributed by atoms with Gasteiger partial charge in [0.15, 0.2) is 9.84 Å². The quantitative estimate of drug-likeness (QED) is 0.356. The Morgan fingerprint density at radius 3 is 2.34 bits per heavy atom. The third-order valence-corrected chi connectivity index (χ3v) is 14.0. The molecule has 5 aliphatic carbocycles. The maximum atomic E-state index is 14.0. The number of carbonyl (C=O) groups is 2. The lowest BCUT2D eigenvalue weighted by Gasteiger charge is -2.58. The first-order valence-corrected chi connectivity index (χ1v) is 15.7. The van der Waals surface area contributed by atoms with E-state index in [1.807, 2.05) is 0 Å². The molecule has 0 bridgehead atoms. The Labute approximate surface area is 211 Å². The summed E-state index contributed by atoms with van der Waals surface area (Å²) in [7, 11) is -3.33. The molecule has 0 N–H and O–H groups in total. The van der Waals surface area contributed by atoms with E-state index in [0.29, 0.717) is 18.3 Å². The Hall–Kier alpha value is -1.17. The van der Waals surface area contributed by atoms with Gasteiger partial charge >= 0.3 is 5.97 Å². The number of ether oxygens (including phenoxy) is 1. The van der Waals surface area contributed by atoms with E-state index in [2.05, 4.69) is 19.9 Å². The molecule has 35 heavy (non-hydrogen) atoms. The molecule has 8 atom stereocenters. The molecule has 0 radical (unpaired) electrons. The number of rotatable bonds is 4.